The highest BCUT2D eigenvalue weighted by molar-refractivity contribution is 6.30. The van der Waals surface area contributed by atoms with E-state index in [1.54, 1.807) is 0 Å². The Bertz CT molecular complexity index is 725. The standard InChI is InChI=1S/C17H16ClN3O/c1-12(13-7-9-15(18)10-8-13)19-11-16-20-21-17(22-16)14-5-3-2-4-6-14/h2-10,12,19H,11H2,1H3/t12-/m1/s1. The van der Waals surface area contributed by atoms with Crippen LogP contribution in [0.4, 0.5) is 0 Å². The van der Waals surface area contributed by atoms with Gasteiger partial charge >= 0.3 is 0 Å². The van der Waals surface area contributed by atoms with Crippen molar-refractivity contribution in [2.24, 2.45) is 0 Å². The topological polar surface area (TPSA) is 51.0 Å². The van der Waals surface area contributed by atoms with Crippen LogP contribution in [-0.2, 0) is 6.54 Å². The molecule has 22 heavy (non-hydrogen) atoms. The SMILES string of the molecule is C[C@@H](NCc1nnc(-c2ccccc2)o1)c1ccc(Cl)cc1. The molecule has 0 aliphatic rings. The first-order valence-corrected chi connectivity index (χ1v) is 7.47. The first-order chi connectivity index (χ1) is 10.7. The molecule has 2 aromatic carbocycles. The van der Waals surface area contributed by atoms with Crippen molar-refractivity contribution >= 4 is 11.6 Å². The third-order valence-corrected chi connectivity index (χ3v) is 3.67. The summed E-state index contributed by atoms with van der Waals surface area (Å²) < 4.78 is 5.67. The number of nitrogens with zero attached hydrogens (tertiary/aromatic N) is 2. The Hall–Kier alpha value is -2.17. The van der Waals surface area contributed by atoms with Crippen molar-refractivity contribution in [3.05, 3.63) is 71.1 Å². The molecule has 0 amide bonds. The molecular formula is C17H16ClN3O. The molecule has 0 radical (unpaired) electrons. The van der Waals surface area contributed by atoms with Crippen molar-refractivity contribution in [1.29, 1.82) is 0 Å². The van der Waals surface area contributed by atoms with Crippen LogP contribution < -0.4 is 5.32 Å². The summed E-state index contributed by atoms with van der Waals surface area (Å²) in [6.45, 7) is 2.60. The van der Waals surface area contributed by atoms with Crippen molar-refractivity contribution in [3.8, 4) is 11.5 Å². The Morgan fingerprint density at radius 2 is 1.77 bits per heavy atom. The third kappa shape index (κ3) is 3.53. The molecule has 0 saturated heterocycles. The smallest absolute Gasteiger partial charge is 0.247 e. The second kappa shape index (κ2) is 6.73. The van der Waals surface area contributed by atoms with E-state index in [1.807, 2.05) is 54.6 Å². The molecule has 0 bridgehead atoms. The Labute approximate surface area is 134 Å². The van der Waals surface area contributed by atoms with E-state index in [9.17, 15) is 0 Å². The van der Waals surface area contributed by atoms with Crippen molar-refractivity contribution in [2.75, 3.05) is 0 Å². The Morgan fingerprint density at radius 1 is 1.05 bits per heavy atom. The second-order valence-electron chi connectivity index (χ2n) is 5.02. The van der Waals surface area contributed by atoms with E-state index in [4.69, 9.17) is 16.0 Å². The average molecular weight is 314 g/mol. The van der Waals surface area contributed by atoms with E-state index in [0.29, 0.717) is 18.3 Å². The van der Waals surface area contributed by atoms with Gasteiger partial charge in [-0.25, -0.2) is 0 Å². The van der Waals surface area contributed by atoms with E-state index in [1.165, 1.54) is 0 Å². The molecule has 3 rings (SSSR count). The van der Waals surface area contributed by atoms with Crippen LogP contribution in [0.15, 0.2) is 59.0 Å². The number of halogens is 1. The molecular weight excluding hydrogens is 298 g/mol. The van der Waals surface area contributed by atoms with Crippen LogP contribution >= 0.6 is 11.6 Å². The fourth-order valence-corrected chi connectivity index (χ4v) is 2.26. The van der Waals surface area contributed by atoms with E-state index >= 15 is 0 Å². The Kier molecular flexibility index (Phi) is 4.51. The second-order valence-corrected chi connectivity index (χ2v) is 5.46. The summed E-state index contributed by atoms with van der Waals surface area (Å²) in [6.07, 6.45) is 0. The van der Waals surface area contributed by atoms with Crippen LogP contribution in [0, 0.1) is 0 Å². The van der Waals surface area contributed by atoms with E-state index < -0.39 is 0 Å². The lowest BCUT2D eigenvalue weighted by Gasteiger charge is -2.12. The average Bonchev–Trinajstić information content (AvgIpc) is 3.03. The zero-order valence-corrected chi connectivity index (χ0v) is 12.9. The summed E-state index contributed by atoms with van der Waals surface area (Å²) in [5, 5.41) is 12.2. The molecule has 1 aromatic heterocycles. The van der Waals surface area contributed by atoms with Gasteiger partial charge in [-0.2, -0.15) is 0 Å². The van der Waals surface area contributed by atoms with Gasteiger partial charge in [0.05, 0.1) is 6.54 Å². The molecule has 0 saturated carbocycles. The van der Waals surface area contributed by atoms with Gasteiger partial charge < -0.3 is 9.73 Å². The van der Waals surface area contributed by atoms with Crippen LogP contribution in [-0.4, -0.2) is 10.2 Å². The summed E-state index contributed by atoms with van der Waals surface area (Å²) >= 11 is 5.90. The minimum atomic E-state index is 0.171. The molecule has 0 aliphatic carbocycles. The molecule has 1 atom stereocenters. The van der Waals surface area contributed by atoms with Gasteiger partial charge in [0.25, 0.3) is 0 Å². The van der Waals surface area contributed by atoms with Crippen molar-refractivity contribution < 1.29 is 4.42 Å². The maximum Gasteiger partial charge on any atom is 0.247 e. The maximum absolute atomic E-state index is 5.90. The minimum Gasteiger partial charge on any atom is -0.419 e. The van der Waals surface area contributed by atoms with Crippen LogP contribution in [0.5, 0.6) is 0 Å². The Balaban J connectivity index is 1.62. The highest BCUT2D eigenvalue weighted by Crippen LogP contribution is 2.19. The van der Waals surface area contributed by atoms with Crippen LogP contribution in [0.2, 0.25) is 5.02 Å². The number of aromatic nitrogens is 2. The number of rotatable bonds is 5. The molecule has 112 valence electrons. The Morgan fingerprint density at radius 3 is 2.50 bits per heavy atom. The number of hydrogen-bond donors (Lipinski definition) is 1. The molecule has 1 heterocycles. The normalized spacial score (nSPS) is 12.3. The summed E-state index contributed by atoms with van der Waals surface area (Å²) in [5.41, 5.74) is 2.08. The van der Waals surface area contributed by atoms with Gasteiger partial charge in [-0.15, -0.1) is 10.2 Å². The van der Waals surface area contributed by atoms with Gasteiger partial charge in [-0.3, -0.25) is 0 Å². The lowest BCUT2D eigenvalue weighted by molar-refractivity contribution is 0.454. The zero-order valence-electron chi connectivity index (χ0n) is 12.2. The van der Waals surface area contributed by atoms with Gasteiger partial charge in [0.2, 0.25) is 11.8 Å². The number of hydrogen-bond acceptors (Lipinski definition) is 4. The van der Waals surface area contributed by atoms with Gasteiger partial charge in [0, 0.05) is 16.6 Å². The summed E-state index contributed by atoms with van der Waals surface area (Å²) in [4.78, 5) is 0. The molecule has 0 unspecified atom stereocenters. The molecule has 4 nitrogen and oxygen atoms in total. The maximum atomic E-state index is 5.90. The monoisotopic (exact) mass is 313 g/mol. The summed E-state index contributed by atoms with van der Waals surface area (Å²) in [7, 11) is 0. The zero-order chi connectivity index (χ0) is 15.4. The number of nitrogens with one attached hydrogen (secondary N) is 1. The largest absolute Gasteiger partial charge is 0.419 e. The predicted octanol–water partition coefficient (Wildman–Crippen LogP) is 4.24. The highest BCUT2D eigenvalue weighted by Gasteiger charge is 2.10. The van der Waals surface area contributed by atoms with Gasteiger partial charge in [-0.1, -0.05) is 41.9 Å². The first kappa shape index (κ1) is 14.8. The molecule has 5 heteroatoms. The molecule has 0 spiro atoms. The number of benzene rings is 2. The summed E-state index contributed by atoms with van der Waals surface area (Å²) in [6, 6.07) is 17.7. The lowest BCUT2D eigenvalue weighted by atomic mass is 10.1. The van der Waals surface area contributed by atoms with Gasteiger partial charge in [0.1, 0.15) is 0 Å². The van der Waals surface area contributed by atoms with Crippen molar-refractivity contribution in [1.82, 2.24) is 15.5 Å². The van der Waals surface area contributed by atoms with Crippen molar-refractivity contribution in [2.45, 2.75) is 19.5 Å². The van der Waals surface area contributed by atoms with Crippen LogP contribution in [0.3, 0.4) is 0 Å². The summed E-state index contributed by atoms with van der Waals surface area (Å²) in [5.74, 6) is 1.11. The minimum absolute atomic E-state index is 0.171. The predicted molar refractivity (Wildman–Crippen MR) is 86.4 cm³/mol. The molecule has 1 N–H and O–H groups in total. The third-order valence-electron chi connectivity index (χ3n) is 3.42. The molecule has 3 aromatic rings. The fourth-order valence-electron chi connectivity index (χ4n) is 2.13. The lowest BCUT2D eigenvalue weighted by Crippen LogP contribution is -2.18. The van der Waals surface area contributed by atoms with Crippen molar-refractivity contribution in [3.63, 3.8) is 0 Å². The quantitative estimate of drug-likeness (QED) is 0.765. The van der Waals surface area contributed by atoms with Gasteiger partial charge in [0.15, 0.2) is 0 Å². The highest BCUT2D eigenvalue weighted by atomic mass is 35.5. The fraction of sp³-hybridized carbons (Fsp3) is 0.176. The van der Waals surface area contributed by atoms with E-state index in [0.717, 1.165) is 16.1 Å². The van der Waals surface area contributed by atoms with Gasteiger partial charge in [-0.05, 0) is 36.8 Å². The molecule has 0 aliphatic heterocycles. The molecule has 0 fully saturated rings. The van der Waals surface area contributed by atoms with E-state index in [-0.39, 0.29) is 6.04 Å². The first-order valence-electron chi connectivity index (χ1n) is 7.09. The van der Waals surface area contributed by atoms with E-state index in [2.05, 4.69) is 22.4 Å². The van der Waals surface area contributed by atoms with Crippen LogP contribution in [0.1, 0.15) is 24.4 Å². The van der Waals surface area contributed by atoms with Crippen LogP contribution in [0.25, 0.3) is 11.5 Å².